The molecule has 0 bridgehead atoms. The van der Waals surface area contributed by atoms with Crippen LogP contribution in [0.15, 0.2) is 0 Å². The van der Waals surface area contributed by atoms with Gasteiger partial charge in [0, 0.05) is 22.9 Å². The molecule has 0 saturated carbocycles. The van der Waals surface area contributed by atoms with Crippen molar-refractivity contribution in [3.8, 4) is 0 Å². The molecule has 0 unspecified atom stereocenters. The minimum Gasteiger partial charge on any atom is -0.252 e. The van der Waals surface area contributed by atoms with Crippen LogP contribution in [0.4, 0.5) is 0 Å². The summed E-state index contributed by atoms with van der Waals surface area (Å²) in [5, 5.41) is 0. The zero-order valence-corrected chi connectivity index (χ0v) is 4.48. The van der Waals surface area contributed by atoms with Gasteiger partial charge in [-0.25, -0.2) is 0 Å². The number of hydrogen-bond donors (Lipinski definition) is 2. The van der Waals surface area contributed by atoms with Crippen molar-refractivity contribution in [2.75, 3.05) is 7.05 Å². The van der Waals surface area contributed by atoms with Crippen molar-refractivity contribution in [3.63, 3.8) is 0 Å². The predicted octanol–water partition coefficient (Wildman–Crippen LogP) is 0.0604. The van der Waals surface area contributed by atoms with Crippen molar-refractivity contribution in [3.05, 3.63) is 0 Å². The van der Waals surface area contributed by atoms with Gasteiger partial charge in [0.2, 0.25) is 0 Å². The molecule has 0 aromatic heterocycles. The van der Waals surface area contributed by atoms with E-state index in [1.165, 1.54) is 0 Å². The summed E-state index contributed by atoms with van der Waals surface area (Å²) in [7, 11) is 1.68. The largest absolute Gasteiger partial charge is 0.252 e. The van der Waals surface area contributed by atoms with E-state index in [4.69, 9.17) is 1.41 Å². The van der Waals surface area contributed by atoms with E-state index in [1.807, 2.05) is 0 Å². The van der Waals surface area contributed by atoms with Gasteiger partial charge >= 0.3 is 0 Å². The highest BCUT2D eigenvalue weighted by Crippen LogP contribution is 1.51. The Morgan fingerprint density at radius 3 is 2.50 bits per heavy atom. The van der Waals surface area contributed by atoms with Crippen LogP contribution in [0.25, 0.3) is 0 Å². The molecule has 0 atom stereocenters. The quantitative estimate of drug-likeness (QED) is 0.333. The van der Waals surface area contributed by atoms with E-state index in [2.05, 4.69) is 5.43 Å². The van der Waals surface area contributed by atoms with Gasteiger partial charge in [-0.3, -0.25) is 5.43 Å². The molecular formula is CH5IN2. The van der Waals surface area contributed by atoms with Crippen molar-refractivity contribution < 1.29 is 1.41 Å². The SMILES string of the molecule is [3H]N(I)NC. The Kier molecular flexibility index (Phi) is 2.61. The number of rotatable bonds is 1. The second kappa shape index (κ2) is 3.65. The topological polar surface area (TPSA) is 24.1 Å². The van der Waals surface area contributed by atoms with E-state index in [-0.39, 0.29) is 0 Å². The van der Waals surface area contributed by atoms with Crippen LogP contribution in [0, 0.1) is 0 Å². The second-order valence-corrected chi connectivity index (χ2v) is 0.791. The Morgan fingerprint density at radius 1 is 2.25 bits per heavy atom. The molecule has 2 N–H and O–H groups in total. The predicted molar refractivity (Wildman–Crippen MR) is 26.2 cm³/mol. The van der Waals surface area contributed by atoms with E-state index in [0.29, 0.717) is 0 Å². The Bertz CT molecular complexity index is 23.6. The Hall–Kier alpha value is 0.650. The summed E-state index contributed by atoms with van der Waals surface area (Å²) >= 11 is 1.80. The van der Waals surface area contributed by atoms with Crippen molar-refractivity contribution in [1.82, 2.24) is 9.06 Å². The Labute approximate surface area is 40.9 Å². The zero-order valence-electron chi connectivity index (χ0n) is 3.33. The molecule has 0 aromatic carbocycles. The summed E-state index contributed by atoms with van der Waals surface area (Å²) in [5.74, 6) is 0. The fourth-order valence-electron chi connectivity index (χ4n) is 0. The molecule has 0 heterocycles. The smallest absolute Gasteiger partial charge is 0.154 e. The zero-order chi connectivity index (χ0) is 4.28. The number of hydrazine groups is 1. The van der Waals surface area contributed by atoms with E-state index in [9.17, 15) is 0 Å². The molecule has 0 saturated heterocycles. The average Bonchev–Trinajstić information content (AvgIpc) is 1.38. The van der Waals surface area contributed by atoms with E-state index >= 15 is 0 Å². The molecule has 0 amide bonds. The third-order valence-corrected chi connectivity index (χ3v) is 0.567. The van der Waals surface area contributed by atoms with E-state index < -0.39 is 0 Å². The van der Waals surface area contributed by atoms with Crippen molar-refractivity contribution in [2.24, 2.45) is 0 Å². The van der Waals surface area contributed by atoms with Gasteiger partial charge in [0.15, 0.2) is 1.41 Å². The third kappa shape index (κ3) is 2.65. The van der Waals surface area contributed by atoms with Crippen LogP contribution >= 0.6 is 22.9 Å². The van der Waals surface area contributed by atoms with Crippen LogP contribution in [0.2, 0.25) is 1.41 Å². The minimum absolute atomic E-state index is 1.10. The lowest BCUT2D eigenvalue weighted by atomic mass is 11.5. The number of hydrogen-bond acceptors (Lipinski definition) is 2. The molecule has 0 rings (SSSR count). The maximum absolute atomic E-state index is 6.54. The molecular weight excluding hydrogens is 167 g/mol. The summed E-state index contributed by atoms with van der Waals surface area (Å²) in [6, 6.07) is 0. The third-order valence-electron chi connectivity index (χ3n) is 0.0845. The summed E-state index contributed by atoms with van der Waals surface area (Å²) in [5.41, 5.74) is 2.51. The fraction of sp³-hybridized carbons (Fsp3) is 1.00. The molecule has 0 spiro atoms. The van der Waals surface area contributed by atoms with Crippen LogP contribution in [-0.4, -0.2) is 7.05 Å². The molecule has 0 aliphatic heterocycles. The first-order chi connectivity index (χ1) is 2.27. The van der Waals surface area contributed by atoms with Crippen molar-refractivity contribution >= 4 is 22.9 Å². The Morgan fingerprint density at radius 2 is 2.50 bits per heavy atom. The Balaban J connectivity index is 2.54. The van der Waals surface area contributed by atoms with Gasteiger partial charge in [0.05, 0.1) is 0 Å². The lowest BCUT2D eigenvalue weighted by Gasteiger charge is -1.78. The highest BCUT2D eigenvalue weighted by molar-refractivity contribution is 14.1. The molecule has 3 heteroatoms. The molecule has 0 aliphatic rings. The molecule has 0 aromatic rings. The average molecular weight is 174 g/mol. The van der Waals surface area contributed by atoms with Crippen LogP contribution in [0.5, 0.6) is 0 Å². The number of nitrogens with one attached hydrogen (secondary N) is 2. The standard InChI is InChI=1S/CH5IN2/c1-3-4-2/h3-4H,1H3/i/hT. The minimum atomic E-state index is 1.10. The summed E-state index contributed by atoms with van der Waals surface area (Å²) in [6.07, 6.45) is 0. The molecule has 0 aliphatic carbocycles. The molecule has 0 fully saturated rings. The maximum atomic E-state index is 6.54. The van der Waals surface area contributed by atoms with Crippen LogP contribution in [0.3, 0.4) is 0 Å². The summed E-state index contributed by atoms with van der Waals surface area (Å²) < 4.78 is 7.63. The number of halogens is 1. The van der Waals surface area contributed by atoms with Crippen molar-refractivity contribution in [2.45, 2.75) is 0 Å². The van der Waals surface area contributed by atoms with Gasteiger partial charge in [-0.05, 0) is 7.05 Å². The van der Waals surface area contributed by atoms with Gasteiger partial charge in [0.1, 0.15) is 0 Å². The lowest BCUT2D eigenvalue weighted by Crippen LogP contribution is -2.14. The van der Waals surface area contributed by atoms with Crippen LogP contribution in [-0.2, 0) is 0 Å². The second-order valence-electron chi connectivity index (χ2n) is 0.308. The van der Waals surface area contributed by atoms with Crippen LogP contribution < -0.4 is 9.06 Å². The molecule has 26 valence electrons. The van der Waals surface area contributed by atoms with Gasteiger partial charge in [-0.15, -0.1) is 0 Å². The monoisotopic (exact) mass is 174 g/mol. The first-order valence-electron chi connectivity index (χ1n) is 1.34. The first-order valence-corrected chi connectivity index (χ1v) is 1.86. The van der Waals surface area contributed by atoms with Gasteiger partial charge in [0.25, 0.3) is 0 Å². The summed E-state index contributed by atoms with van der Waals surface area (Å²) in [4.78, 5) is 0. The fourth-order valence-corrected chi connectivity index (χ4v) is 0. The van der Waals surface area contributed by atoms with Crippen molar-refractivity contribution in [1.29, 1.82) is 0 Å². The highest BCUT2D eigenvalue weighted by Gasteiger charge is 1.47. The molecule has 0 radical (unpaired) electrons. The van der Waals surface area contributed by atoms with Crippen LogP contribution in [0.1, 0.15) is 0 Å². The molecule has 2 nitrogen and oxygen atoms in total. The maximum Gasteiger partial charge on any atom is 0.154 e. The lowest BCUT2D eigenvalue weighted by molar-refractivity contribution is 0.848. The first kappa shape index (κ1) is 2.87. The highest BCUT2D eigenvalue weighted by atomic mass is 127. The van der Waals surface area contributed by atoms with E-state index in [1.54, 1.807) is 29.9 Å². The summed E-state index contributed by atoms with van der Waals surface area (Å²) in [6.45, 7) is 0. The van der Waals surface area contributed by atoms with Gasteiger partial charge < -0.3 is 0 Å². The van der Waals surface area contributed by atoms with E-state index in [0.717, 1.165) is 3.63 Å². The molecule has 4 heavy (non-hydrogen) atoms. The normalized spacial score (nSPS) is 12.2. The van der Waals surface area contributed by atoms with Gasteiger partial charge in [-0.2, -0.15) is 3.63 Å². The van der Waals surface area contributed by atoms with Gasteiger partial charge in [-0.1, -0.05) is 0 Å².